The van der Waals surface area contributed by atoms with Crippen LogP contribution in [0.15, 0.2) is 65.2 Å². The van der Waals surface area contributed by atoms with Crippen LogP contribution < -0.4 is 10.6 Å². The highest BCUT2D eigenvalue weighted by molar-refractivity contribution is 7.85. The van der Waals surface area contributed by atoms with Crippen LogP contribution in [0, 0.1) is 18.3 Å². The molecule has 2 rings (SSSR count). The van der Waals surface area contributed by atoms with Gasteiger partial charge in [0, 0.05) is 18.4 Å². The van der Waals surface area contributed by atoms with Crippen LogP contribution in [0.1, 0.15) is 11.1 Å². The molecule has 0 unspecified atom stereocenters. The summed E-state index contributed by atoms with van der Waals surface area (Å²) in [5.41, 5.74) is 2.10. The van der Waals surface area contributed by atoms with Gasteiger partial charge in [-0.15, -0.1) is 0 Å². The zero-order valence-electron chi connectivity index (χ0n) is 13.9. The van der Waals surface area contributed by atoms with Gasteiger partial charge in [0.25, 0.3) is 16.0 Å². The molecule has 0 saturated heterocycles. The lowest BCUT2D eigenvalue weighted by Crippen LogP contribution is -2.17. The molecule has 0 spiro atoms. The van der Waals surface area contributed by atoms with E-state index in [9.17, 15) is 13.2 Å². The third-order valence-corrected chi connectivity index (χ3v) is 4.28. The summed E-state index contributed by atoms with van der Waals surface area (Å²) in [6, 6.07) is 14.7. The molecule has 0 atom stereocenters. The summed E-state index contributed by atoms with van der Waals surface area (Å²) in [4.78, 5) is 11.8. The fourth-order valence-electron chi connectivity index (χ4n) is 2.06. The smallest absolute Gasteiger partial charge is 0.294 e. The van der Waals surface area contributed by atoms with Gasteiger partial charge in [-0.2, -0.15) is 13.7 Å². The van der Waals surface area contributed by atoms with E-state index in [0.717, 1.165) is 17.2 Å². The highest BCUT2D eigenvalue weighted by atomic mass is 32.2. The molecule has 3 N–H and O–H groups in total. The van der Waals surface area contributed by atoms with Gasteiger partial charge < -0.3 is 10.6 Å². The van der Waals surface area contributed by atoms with Crippen molar-refractivity contribution in [2.24, 2.45) is 0 Å². The van der Waals surface area contributed by atoms with Crippen molar-refractivity contribution in [2.45, 2.75) is 18.4 Å². The maximum Gasteiger partial charge on any atom is 0.294 e. The maximum absolute atomic E-state index is 12.1. The summed E-state index contributed by atoms with van der Waals surface area (Å²) in [5.74, 6) is -0.698. The summed E-state index contributed by atoms with van der Waals surface area (Å²) in [6.07, 6.45) is 1.29. The molecule has 134 valence electrons. The molecular formula is C18H17N3O4S. The highest BCUT2D eigenvalue weighted by Gasteiger charge is 2.13. The summed E-state index contributed by atoms with van der Waals surface area (Å²) in [6.45, 7) is 2.42. The predicted molar refractivity (Wildman–Crippen MR) is 96.6 cm³/mol. The molecule has 2 aromatic rings. The van der Waals surface area contributed by atoms with Gasteiger partial charge in [-0.1, -0.05) is 35.9 Å². The van der Waals surface area contributed by atoms with Crippen molar-refractivity contribution >= 4 is 21.7 Å². The Kier molecular flexibility index (Phi) is 6.11. The number of hydrogen-bond donors (Lipinski definition) is 3. The summed E-state index contributed by atoms with van der Waals surface area (Å²) in [7, 11) is -4.38. The Morgan fingerprint density at radius 1 is 1.23 bits per heavy atom. The lowest BCUT2D eigenvalue weighted by Gasteiger charge is -2.06. The zero-order valence-corrected chi connectivity index (χ0v) is 14.7. The second-order valence-electron chi connectivity index (χ2n) is 5.49. The van der Waals surface area contributed by atoms with Crippen LogP contribution in [0.5, 0.6) is 0 Å². The van der Waals surface area contributed by atoms with Crippen molar-refractivity contribution in [1.29, 1.82) is 5.26 Å². The Hall–Kier alpha value is -3.15. The quantitative estimate of drug-likeness (QED) is 0.407. The van der Waals surface area contributed by atoms with E-state index in [1.54, 1.807) is 6.07 Å². The average Bonchev–Trinajstić information content (AvgIpc) is 2.59. The molecule has 0 aliphatic carbocycles. The van der Waals surface area contributed by atoms with Gasteiger partial charge in [-0.05, 0) is 30.7 Å². The van der Waals surface area contributed by atoms with E-state index in [2.05, 4.69) is 10.6 Å². The normalized spacial score (nSPS) is 11.5. The first-order valence-electron chi connectivity index (χ1n) is 7.57. The highest BCUT2D eigenvalue weighted by Crippen LogP contribution is 2.15. The van der Waals surface area contributed by atoms with E-state index in [1.807, 2.05) is 31.2 Å². The Morgan fingerprint density at radius 3 is 2.54 bits per heavy atom. The first kappa shape index (κ1) is 19.2. The first-order chi connectivity index (χ1) is 12.3. The van der Waals surface area contributed by atoms with Gasteiger partial charge in [0.1, 0.15) is 11.6 Å². The second kappa shape index (κ2) is 8.29. The van der Waals surface area contributed by atoms with E-state index in [0.29, 0.717) is 6.54 Å². The van der Waals surface area contributed by atoms with E-state index in [1.165, 1.54) is 24.4 Å². The van der Waals surface area contributed by atoms with E-state index < -0.39 is 16.0 Å². The van der Waals surface area contributed by atoms with Gasteiger partial charge in [-0.25, -0.2) is 0 Å². The minimum atomic E-state index is -4.38. The van der Waals surface area contributed by atoms with Crippen LogP contribution in [0.25, 0.3) is 0 Å². The molecule has 26 heavy (non-hydrogen) atoms. The number of amides is 1. The molecule has 0 radical (unpaired) electrons. The first-order valence-corrected chi connectivity index (χ1v) is 9.02. The van der Waals surface area contributed by atoms with Crippen molar-refractivity contribution < 1.29 is 17.8 Å². The van der Waals surface area contributed by atoms with Crippen molar-refractivity contribution in [3.05, 3.63) is 71.4 Å². The Bertz CT molecular complexity index is 974. The third kappa shape index (κ3) is 5.44. The summed E-state index contributed by atoms with van der Waals surface area (Å²) in [5, 5.41) is 14.4. The summed E-state index contributed by atoms with van der Waals surface area (Å²) < 4.78 is 31.3. The van der Waals surface area contributed by atoms with E-state index in [4.69, 9.17) is 9.81 Å². The van der Waals surface area contributed by atoms with Crippen LogP contribution in [0.3, 0.4) is 0 Å². The molecule has 2 aromatic carbocycles. The molecule has 0 aliphatic rings. The number of anilines is 1. The van der Waals surface area contributed by atoms with Crippen LogP contribution in [0.4, 0.5) is 5.69 Å². The minimum absolute atomic E-state index is 0.143. The van der Waals surface area contributed by atoms with Gasteiger partial charge in [0.2, 0.25) is 0 Å². The van der Waals surface area contributed by atoms with Gasteiger partial charge in [-0.3, -0.25) is 9.35 Å². The number of hydrogen-bond acceptors (Lipinski definition) is 5. The molecule has 0 saturated carbocycles. The van der Waals surface area contributed by atoms with Crippen molar-refractivity contribution in [1.82, 2.24) is 5.32 Å². The lowest BCUT2D eigenvalue weighted by molar-refractivity contribution is -0.112. The molecule has 0 fully saturated rings. The fourth-order valence-corrected chi connectivity index (χ4v) is 2.58. The molecule has 8 heteroatoms. The molecule has 1 amide bonds. The Morgan fingerprint density at radius 2 is 1.92 bits per heavy atom. The number of nitrogens with one attached hydrogen (secondary N) is 2. The Balaban J connectivity index is 2.04. The number of nitrogens with zero attached hydrogens (tertiary/aromatic N) is 1. The van der Waals surface area contributed by atoms with E-state index in [-0.39, 0.29) is 16.2 Å². The minimum Gasteiger partial charge on any atom is -0.386 e. The van der Waals surface area contributed by atoms with E-state index >= 15 is 0 Å². The number of benzene rings is 2. The van der Waals surface area contributed by atoms with Crippen LogP contribution >= 0.6 is 0 Å². The zero-order chi connectivity index (χ0) is 19.2. The van der Waals surface area contributed by atoms with Gasteiger partial charge >= 0.3 is 0 Å². The average molecular weight is 371 g/mol. The van der Waals surface area contributed by atoms with Crippen LogP contribution in [-0.2, 0) is 21.5 Å². The van der Waals surface area contributed by atoms with Crippen LogP contribution in [0.2, 0.25) is 0 Å². The Labute approximate surface area is 151 Å². The topological polar surface area (TPSA) is 119 Å². The number of carbonyl (C=O) groups is 1. The van der Waals surface area contributed by atoms with Crippen molar-refractivity contribution in [3.63, 3.8) is 0 Å². The molecule has 0 aliphatic heterocycles. The maximum atomic E-state index is 12.1. The SMILES string of the molecule is Cc1ccc(CN/C=C(/C#N)C(=O)Nc2cccc(S(=O)(=O)O)c2)cc1. The molecule has 0 bridgehead atoms. The number of aryl methyl sites for hydroxylation is 1. The number of carbonyl (C=O) groups excluding carboxylic acids is 1. The van der Waals surface area contributed by atoms with Crippen molar-refractivity contribution in [3.8, 4) is 6.07 Å². The van der Waals surface area contributed by atoms with Crippen molar-refractivity contribution in [2.75, 3.05) is 5.32 Å². The molecule has 0 heterocycles. The van der Waals surface area contributed by atoms with Gasteiger partial charge in [0.05, 0.1) is 4.90 Å². The fraction of sp³-hybridized carbons (Fsp3) is 0.111. The number of rotatable bonds is 6. The largest absolute Gasteiger partial charge is 0.386 e. The van der Waals surface area contributed by atoms with Gasteiger partial charge in [0.15, 0.2) is 0 Å². The standard InChI is InChI=1S/C18H17N3O4S/c1-13-5-7-14(8-6-13)11-20-12-15(10-19)18(22)21-16-3-2-4-17(9-16)26(23,24)25/h2-9,12,20H,11H2,1H3,(H,21,22)(H,23,24,25)/b15-12-. The summed E-state index contributed by atoms with van der Waals surface area (Å²) >= 11 is 0. The lowest BCUT2D eigenvalue weighted by atomic mass is 10.1. The number of nitriles is 1. The monoisotopic (exact) mass is 371 g/mol. The third-order valence-electron chi connectivity index (χ3n) is 3.43. The van der Waals surface area contributed by atoms with Crippen LogP contribution in [-0.4, -0.2) is 18.9 Å². The predicted octanol–water partition coefficient (Wildman–Crippen LogP) is 2.38. The molecule has 0 aromatic heterocycles. The molecule has 7 nitrogen and oxygen atoms in total. The second-order valence-corrected chi connectivity index (χ2v) is 6.91. The molecular weight excluding hydrogens is 354 g/mol.